The number of fused-ring (bicyclic) bond motifs is 3. The summed E-state index contributed by atoms with van der Waals surface area (Å²) in [4.78, 5) is 24.4. The maximum Gasteiger partial charge on any atom is 0.410 e. The Morgan fingerprint density at radius 1 is 0.889 bits per heavy atom. The number of hydrogen-bond acceptors (Lipinski definition) is 14. The zero-order valence-electron chi connectivity index (χ0n) is 41.2. The van der Waals surface area contributed by atoms with Crippen molar-refractivity contribution < 1.29 is 57.7 Å². The van der Waals surface area contributed by atoms with E-state index in [4.69, 9.17) is 47.9 Å². The maximum absolute atomic E-state index is 15.2. The van der Waals surface area contributed by atoms with E-state index in [1.54, 1.807) is 22.7 Å². The van der Waals surface area contributed by atoms with Gasteiger partial charge in [-0.2, -0.15) is 0 Å². The molecule has 3 aliphatic heterocycles. The highest BCUT2D eigenvalue weighted by Gasteiger charge is 2.66. The summed E-state index contributed by atoms with van der Waals surface area (Å²) >= 11 is 1.67. The summed E-state index contributed by atoms with van der Waals surface area (Å²) < 4.78 is 51.1. The Hall–Kier alpha value is -5.55. The molecule has 2 fully saturated rings. The average molecular weight is 1010 g/mol. The van der Waals surface area contributed by atoms with Crippen LogP contribution in [-0.4, -0.2) is 97.7 Å². The summed E-state index contributed by atoms with van der Waals surface area (Å²) in [5.74, 6) is 0.858. The minimum absolute atomic E-state index is 0.00748. The molecule has 0 spiro atoms. The first-order valence-electron chi connectivity index (χ1n) is 25.5. The summed E-state index contributed by atoms with van der Waals surface area (Å²) in [6.07, 6.45) is 12.2. The first-order chi connectivity index (χ1) is 35.4. The first kappa shape index (κ1) is 51.4. The Morgan fingerprint density at radius 2 is 1.68 bits per heavy atom. The van der Waals surface area contributed by atoms with Gasteiger partial charge in [0.1, 0.15) is 29.9 Å². The van der Waals surface area contributed by atoms with E-state index in [0.717, 1.165) is 65.7 Å². The van der Waals surface area contributed by atoms with Crippen molar-refractivity contribution >= 4 is 23.6 Å². The Morgan fingerprint density at radius 3 is 2.46 bits per heavy atom. The summed E-state index contributed by atoms with van der Waals surface area (Å²) in [7, 11) is 0. The number of thioether (sulfide) groups is 1. The van der Waals surface area contributed by atoms with E-state index in [-0.39, 0.29) is 70.5 Å². The van der Waals surface area contributed by atoms with Crippen LogP contribution in [0.1, 0.15) is 86.8 Å². The second-order valence-corrected chi connectivity index (χ2v) is 19.8. The van der Waals surface area contributed by atoms with Gasteiger partial charge in [0.25, 0.3) is 0 Å². The molecule has 0 radical (unpaired) electrons. The average Bonchev–Trinajstić information content (AvgIpc) is 3.89. The number of carbonyl (C=O) groups is 1. The lowest BCUT2D eigenvalue weighted by Crippen LogP contribution is -2.70. The Bertz CT molecular complexity index is 2480. The van der Waals surface area contributed by atoms with Gasteiger partial charge in [0.2, 0.25) is 18.9 Å². The number of oxime groups is 1. The molecule has 4 aromatic rings. The maximum atomic E-state index is 15.2. The number of rotatable bonds is 24. The van der Waals surface area contributed by atoms with Crippen LogP contribution < -0.4 is 18.9 Å². The van der Waals surface area contributed by atoms with Gasteiger partial charge in [0.05, 0.1) is 38.1 Å². The van der Waals surface area contributed by atoms with Crippen molar-refractivity contribution in [2.75, 3.05) is 52.7 Å². The van der Waals surface area contributed by atoms with Crippen LogP contribution in [0.3, 0.4) is 0 Å². The topological polar surface area (TPSA) is 156 Å². The zero-order valence-corrected chi connectivity index (χ0v) is 42.0. The predicted octanol–water partition coefficient (Wildman–Crippen LogP) is 10.9. The van der Waals surface area contributed by atoms with E-state index >= 15 is 4.79 Å². The lowest BCUT2D eigenvalue weighted by atomic mass is 9.55. The van der Waals surface area contributed by atoms with E-state index in [0.29, 0.717) is 66.9 Å². The third kappa shape index (κ3) is 11.9. The Labute approximate surface area is 427 Å². The van der Waals surface area contributed by atoms with Gasteiger partial charge in [-0.15, -0.1) is 18.3 Å². The molecular formula is C57H68N2O12S. The van der Waals surface area contributed by atoms with Gasteiger partial charge >= 0.3 is 6.09 Å². The van der Waals surface area contributed by atoms with E-state index in [1.165, 1.54) is 0 Å². The molecule has 5 aliphatic rings. The molecule has 72 heavy (non-hydrogen) atoms. The molecule has 1 amide bonds. The molecule has 7 unspecified atom stereocenters. The number of hydrogen-bond donors (Lipinski definition) is 2. The molecule has 14 nitrogen and oxygen atoms in total. The van der Waals surface area contributed by atoms with Crippen LogP contribution in [0.15, 0.2) is 125 Å². The number of allylic oxidation sites excluding steroid dienone is 1. The van der Waals surface area contributed by atoms with Gasteiger partial charge in [0.15, 0.2) is 11.5 Å². The monoisotopic (exact) mass is 1000 g/mol. The van der Waals surface area contributed by atoms with E-state index in [9.17, 15) is 10.2 Å². The molecule has 9 rings (SSSR count). The number of amides is 1. The van der Waals surface area contributed by atoms with Crippen LogP contribution in [-0.2, 0) is 36.9 Å². The summed E-state index contributed by atoms with van der Waals surface area (Å²) in [6, 6.07) is 28.7. The number of aliphatic hydroxyl groups is 2. The molecule has 0 aromatic heterocycles. The predicted molar refractivity (Wildman–Crippen MR) is 273 cm³/mol. The highest BCUT2D eigenvalue weighted by atomic mass is 32.2. The Kier molecular flexibility index (Phi) is 17.8. The van der Waals surface area contributed by atoms with Crippen molar-refractivity contribution in [3.8, 4) is 28.7 Å². The normalized spacial score (nSPS) is 24.3. The van der Waals surface area contributed by atoms with E-state index in [2.05, 4.69) is 18.7 Å². The minimum Gasteiger partial charge on any atom is -0.459 e. The van der Waals surface area contributed by atoms with Crippen LogP contribution in [0.5, 0.6) is 28.7 Å². The zero-order chi connectivity index (χ0) is 49.7. The van der Waals surface area contributed by atoms with Crippen LogP contribution in [0.25, 0.3) is 0 Å². The highest BCUT2D eigenvalue weighted by molar-refractivity contribution is 7.98. The molecule has 3 heterocycles. The van der Waals surface area contributed by atoms with Crippen LogP contribution in [0.2, 0.25) is 0 Å². The molecule has 1 saturated carbocycles. The molecule has 15 heteroatoms. The third-order valence-electron chi connectivity index (χ3n) is 14.3. The van der Waals surface area contributed by atoms with Gasteiger partial charge in [-0.25, -0.2) is 4.79 Å². The molecule has 7 atom stereocenters. The molecule has 1 saturated heterocycles. The standard InChI is InChI=1S/C57H68N2O12S/c1-3-28-68-57-52(59(36-40-18-24-50-51(32-40)67-38-66-50)56(62)65-31-30-63-37-39-13-5-4-6-14-39)35-48(58-71-53-17-9-12-29-64-53)46-33-41(15-7-10-26-60)45(16-8-11-27-61)54(55(46)57)47-34-43(21-25-49(47)70-57)69-42-19-22-44(72-2)23-20-42/h3-6,13-14,18-25,32-34,41,45,52-55,60-61H,1,7-12,15-17,26-31,35-38H2,2H3. The fourth-order valence-electron chi connectivity index (χ4n) is 11.0. The van der Waals surface area contributed by atoms with Crippen LogP contribution in [0, 0.1) is 17.8 Å². The number of unbranched alkanes of at least 4 members (excludes halogenated alkanes) is 2. The van der Waals surface area contributed by atoms with Gasteiger partial charge in [-0.3, -0.25) is 4.90 Å². The van der Waals surface area contributed by atoms with Gasteiger partial charge in [-0.1, -0.05) is 66.5 Å². The number of ether oxygens (including phenoxy) is 8. The minimum atomic E-state index is -1.53. The quantitative estimate of drug-likeness (QED) is 0.0296. The molecule has 4 aromatic carbocycles. The van der Waals surface area contributed by atoms with Crippen molar-refractivity contribution in [2.45, 2.75) is 106 Å². The van der Waals surface area contributed by atoms with E-state index in [1.807, 2.05) is 91.2 Å². The fourth-order valence-corrected chi connectivity index (χ4v) is 11.4. The molecule has 0 bridgehead atoms. The van der Waals surface area contributed by atoms with Crippen molar-refractivity contribution in [2.24, 2.45) is 22.9 Å². The smallest absolute Gasteiger partial charge is 0.410 e. The van der Waals surface area contributed by atoms with Crippen LogP contribution in [0.4, 0.5) is 4.79 Å². The van der Waals surface area contributed by atoms with Crippen LogP contribution >= 0.6 is 11.8 Å². The number of nitrogens with zero attached hydrogens (tertiary/aromatic N) is 2. The highest BCUT2D eigenvalue weighted by Crippen LogP contribution is 2.62. The number of aliphatic hydroxyl groups excluding tert-OH is 2. The van der Waals surface area contributed by atoms with Gasteiger partial charge in [0, 0.05) is 49.0 Å². The first-order valence-corrected chi connectivity index (χ1v) is 26.7. The van der Waals surface area contributed by atoms with Crippen molar-refractivity contribution in [1.82, 2.24) is 4.90 Å². The molecule has 2 N–H and O–H groups in total. The lowest BCUT2D eigenvalue weighted by Gasteiger charge is -2.59. The fraction of sp³-hybridized carbons (Fsp3) is 0.474. The second kappa shape index (κ2) is 24.9. The SMILES string of the molecule is C=CCOC12Oc3ccc(Oc4ccc(SC)cc4)cc3C3C(CCCCO)C(CCCCO)C=C(C(=NOC4CCCCO4)CC1N(Cc1ccc4c(c1)OCO4)C(=O)OCCOCc1ccccc1)C32. The van der Waals surface area contributed by atoms with Gasteiger partial charge in [-0.05, 0) is 128 Å². The second-order valence-electron chi connectivity index (χ2n) is 18.9. The van der Waals surface area contributed by atoms with E-state index < -0.39 is 30.1 Å². The number of benzene rings is 4. The third-order valence-corrected chi connectivity index (χ3v) is 15.1. The Balaban J connectivity index is 1.18. The van der Waals surface area contributed by atoms with Crippen molar-refractivity contribution in [3.05, 3.63) is 132 Å². The largest absolute Gasteiger partial charge is 0.459 e. The number of carbonyl (C=O) groups excluding carboxylic acids is 1. The lowest BCUT2D eigenvalue weighted by molar-refractivity contribution is -0.256. The molecule has 384 valence electrons. The van der Waals surface area contributed by atoms with Gasteiger partial charge < -0.3 is 52.9 Å². The summed E-state index contributed by atoms with van der Waals surface area (Å²) in [5.41, 5.74) is 4.31. The summed E-state index contributed by atoms with van der Waals surface area (Å²) in [5, 5.41) is 25.2. The van der Waals surface area contributed by atoms with Crippen molar-refractivity contribution in [1.29, 1.82) is 0 Å². The summed E-state index contributed by atoms with van der Waals surface area (Å²) in [6.45, 7) is 5.66. The van der Waals surface area contributed by atoms with Crippen molar-refractivity contribution in [3.63, 3.8) is 0 Å². The molecular weight excluding hydrogens is 937 g/mol. The molecule has 2 aliphatic carbocycles.